The Bertz CT molecular complexity index is 309. The summed E-state index contributed by atoms with van der Waals surface area (Å²) in [5.41, 5.74) is 0.667. The number of allylic oxidation sites excluding steroid dienone is 1. The standard InChI is InChI=1S/C15H28N2OS/c1-6-9-17(10-7-2)12-8-11-16(5)13(3)15(19)14(4)18/h3,6-12H2,1-2,4-5H3. The minimum Gasteiger partial charge on any atom is -0.374 e. The average Bonchev–Trinajstić information content (AvgIpc) is 2.37. The van der Waals surface area contributed by atoms with Gasteiger partial charge in [-0.3, -0.25) is 4.79 Å². The second kappa shape index (κ2) is 10.1. The lowest BCUT2D eigenvalue weighted by Crippen LogP contribution is -2.31. The highest BCUT2D eigenvalue weighted by Gasteiger charge is 2.12. The molecule has 0 fully saturated rings. The summed E-state index contributed by atoms with van der Waals surface area (Å²) >= 11 is 5.06. The van der Waals surface area contributed by atoms with E-state index in [1.165, 1.54) is 19.8 Å². The second-order valence-electron chi connectivity index (χ2n) is 4.95. The first-order valence-corrected chi connectivity index (χ1v) is 7.52. The van der Waals surface area contributed by atoms with Gasteiger partial charge in [0.15, 0.2) is 5.78 Å². The molecule has 0 radical (unpaired) electrons. The molecule has 0 bridgehead atoms. The Morgan fingerprint density at radius 2 is 1.63 bits per heavy atom. The van der Waals surface area contributed by atoms with Crippen LogP contribution in [0.5, 0.6) is 0 Å². The molecule has 0 unspecified atom stereocenters. The number of rotatable bonds is 11. The lowest BCUT2D eigenvalue weighted by atomic mass is 10.2. The van der Waals surface area contributed by atoms with Gasteiger partial charge in [-0.25, -0.2) is 0 Å². The van der Waals surface area contributed by atoms with Crippen molar-refractivity contribution in [2.24, 2.45) is 0 Å². The molecule has 3 nitrogen and oxygen atoms in total. The smallest absolute Gasteiger partial charge is 0.172 e. The third kappa shape index (κ3) is 7.43. The molecule has 0 rings (SSSR count). The molecule has 0 aromatic rings. The van der Waals surface area contributed by atoms with E-state index in [0.717, 1.165) is 32.6 Å². The summed E-state index contributed by atoms with van der Waals surface area (Å²) in [6.07, 6.45) is 3.45. The zero-order valence-electron chi connectivity index (χ0n) is 12.9. The van der Waals surface area contributed by atoms with Gasteiger partial charge in [0, 0.05) is 20.5 Å². The molecule has 0 spiro atoms. The van der Waals surface area contributed by atoms with Crippen molar-refractivity contribution in [1.82, 2.24) is 9.80 Å². The molecule has 19 heavy (non-hydrogen) atoms. The predicted molar refractivity (Wildman–Crippen MR) is 86.7 cm³/mol. The normalized spacial score (nSPS) is 10.6. The Labute approximate surface area is 123 Å². The summed E-state index contributed by atoms with van der Waals surface area (Å²) < 4.78 is 0. The topological polar surface area (TPSA) is 23.6 Å². The van der Waals surface area contributed by atoms with Crippen LogP contribution < -0.4 is 0 Å². The average molecular weight is 284 g/mol. The van der Waals surface area contributed by atoms with Crippen molar-refractivity contribution in [2.45, 2.75) is 40.0 Å². The third-order valence-electron chi connectivity index (χ3n) is 3.09. The van der Waals surface area contributed by atoms with Crippen molar-refractivity contribution >= 4 is 22.9 Å². The molecule has 0 heterocycles. The van der Waals surface area contributed by atoms with E-state index in [9.17, 15) is 4.79 Å². The number of carbonyl (C=O) groups excluding carboxylic acids is 1. The first-order valence-electron chi connectivity index (χ1n) is 7.11. The van der Waals surface area contributed by atoms with Crippen LogP contribution in [0.3, 0.4) is 0 Å². The van der Waals surface area contributed by atoms with E-state index < -0.39 is 0 Å². The molecule has 0 aliphatic heterocycles. The second-order valence-corrected chi connectivity index (χ2v) is 5.36. The lowest BCUT2D eigenvalue weighted by molar-refractivity contribution is -0.110. The number of carbonyl (C=O) groups is 1. The van der Waals surface area contributed by atoms with E-state index in [1.807, 2.05) is 11.9 Å². The minimum absolute atomic E-state index is 0.0783. The van der Waals surface area contributed by atoms with Crippen LogP contribution >= 0.6 is 12.2 Å². The summed E-state index contributed by atoms with van der Waals surface area (Å²) in [6, 6.07) is 0. The summed E-state index contributed by atoms with van der Waals surface area (Å²) in [5.74, 6) is -0.0783. The van der Waals surface area contributed by atoms with E-state index in [4.69, 9.17) is 12.2 Å². The largest absolute Gasteiger partial charge is 0.374 e. The van der Waals surface area contributed by atoms with Crippen LogP contribution in [-0.4, -0.2) is 53.7 Å². The third-order valence-corrected chi connectivity index (χ3v) is 3.61. The fourth-order valence-electron chi connectivity index (χ4n) is 2.01. The van der Waals surface area contributed by atoms with Gasteiger partial charge in [-0.05, 0) is 38.9 Å². The molecule has 4 heteroatoms. The van der Waals surface area contributed by atoms with Crippen molar-refractivity contribution in [3.05, 3.63) is 12.3 Å². The molecule has 0 aliphatic rings. The highest BCUT2D eigenvalue weighted by atomic mass is 32.1. The van der Waals surface area contributed by atoms with Crippen LogP contribution in [-0.2, 0) is 4.79 Å². The summed E-state index contributed by atoms with van der Waals surface area (Å²) in [4.78, 5) is 16.0. The van der Waals surface area contributed by atoms with Crippen LogP contribution in [0.1, 0.15) is 40.0 Å². The molecular weight excluding hydrogens is 256 g/mol. The number of ketones is 1. The van der Waals surface area contributed by atoms with Gasteiger partial charge in [0.2, 0.25) is 0 Å². The number of thiocarbonyl (C=S) groups is 1. The van der Waals surface area contributed by atoms with Gasteiger partial charge >= 0.3 is 0 Å². The molecule has 0 saturated carbocycles. The maximum Gasteiger partial charge on any atom is 0.172 e. The molecule has 0 saturated heterocycles. The fraction of sp³-hybridized carbons (Fsp3) is 0.733. The van der Waals surface area contributed by atoms with Crippen molar-refractivity contribution < 1.29 is 4.79 Å². The molecule has 0 aromatic heterocycles. The van der Waals surface area contributed by atoms with E-state index >= 15 is 0 Å². The molecule has 0 atom stereocenters. The lowest BCUT2D eigenvalue weighted by Gasteiger charge is -2.25. The van der Waals surface area contributed by atoms with Crippen molar-refractivity contribution in [2.75, 3.05) is 33.2 Å². The van der Waals surface area contributed by atoms with Gasteiger partial charge in [0.1, 0.15) is 4.86 Å². The number of nitrogens with zero attached hydrogens (tertiary/aromatic N) is 2. The summed E-state index contributed by atoms with van der Waals surface area (Å²) in [7, 11) is 1.95. The van der Waals surface area contributed by atoms with E-state index in [-0.39, 0.29) is 5.78 Å². The highest BCUT2D eigenvalue weighted by molar-refractivity contribution is 7.82. The first-order chi connectivity index (χ1) is 8.93. The highest BCUT2D eigenvalue weighted by Crippen LogP contribution is 2.05. The van der Waals surface area contributed by atoms with Gasteiger partial charge < -0.3 is 9.80 Å². The number of Topliss-reactive ketones (excluding diaryl/α,β-unsaturated/α-hetero) is 1. The Balaban J connectivity index is 4.07. The molecule has 110 valence electrons. The van der Waals surface area contributed by atoms with Crippen LogP contribution in [0, 0.1) is 0 Å². The van der Waals surface area contributed by atoms with Crippen LogP contribution in [0.4, 0.5) is 0 Å². The fourth-order valence-corrected chi connectivity index (χ4v) is 2.17. The molecule has 0 aliphatic carbocycles. The van der Waals surface area contributed by atoms with Gasteiger partial charge in [0.25, 0.3) is 0 Å². The van der Waals surface area contributed by atoms with Gasteiger partial charge in [-0.15, -0.1) is 0 Å². The Morgan fingerprint density at radius 3 is 2.05 bits per heavy atom. The Hall–Kier alpha value is -0.740. The summed E-state index contributed by atoms with van der Waals surface area (Å²) in [6.45, 7) is 14.1. The van der Waals surface area contributed by atoms with Crippen molar-refractivity contribution in [3.8, 4) is 0 Å². The zero-order valence-corrected chi connectivity index (χ0v) is 13.7. The van der Waals surface area contributed by atoms with Gasteiger partial charge in [0.05, 0.1) is 5.70 Å². The monoisotopic (exact) mass is 284 g/mol. The minimum atomic E-state index is -0.0783. The summed E-state index contributed by atoms with van der Waals surface area (Å²) in [5, 5.41) is 0. The van der Waals surface area contributed by atoms with E-state index in [0.29, 0.717) is 10.6 Å². The molecular formula is C15H28N2OS. The predicted octanol–water partition coefficient (Wildman–Crippen LogP) is 2.90. The van der Waals surface area contributed by atoms with E-state index in [2.05, 4.69) is 25.3 Å². The SMILES string of the molecule is C=C(C(=S)C(C)=O)N(C)CCCN(CCC)CCC. The maximum atomic E-state index is 11.2. The van der Waals surface area contributed by atoms with Gasteiger partial charge in [-0.2, -0.15) is 0 Å². The number of hydrogen-bond donors (Lipinski definition) is 0. The Kier molecular flexibility index (Phi) is 9.70. The van der Waals surface area contributed by atoms with Crippen molar-refractivity contribution in [1.29, 1.82) is 0 Å². The number of hydrogen-bond acceptors (Lipinski definition) is 4. The van der Waals surface area contributed by atoms with Crippen LogP contribution in [0.25, 0.3) is 0 Å². The molecule has 0 N–H and O–H groups in total. The van der Waals surface area contributed by atoms with Crippen LogP contribution in [0.15, 0.2) is 12.3 Å². The Morgan fingerprint density at radius 1 is 1.11 bits per heavy atom. The van der Waals surface area contributed by atoms with Crippen LogP contribution in [0.2, 0.25) is 0 Å². The molecule has 0 amide bonds. The van der Waals surface area contributed by atoms with Crippen molar-refractivity contribution in [3.63, 3.8) is 0 Å². The zero-order chi connectivity index (χ0) is 14.8. The van der Waals surface area contributed by atoms with E-state index in [1.54, 1.807) is 0 Å². The molecule has 0 aromatic carbocycles. The first kappa shape index (κ1) is 18.3. The van der Waals surface area contributed by atoms with Gasteiger partial charge in [-0.1, -0.05) is 32.6 Å². The maximum absolute atomic E-state index is 11.2. The quantitative estimate of drug-likeness (QED) is 0.430.